The second-order valence-corrected chi connectivity index (χ2v) is 13.5. The number of amides is 3. The van der Waals surface area contributed by atoms with Gasteiger partial charge in [0.15, 0.2) is 0 Å². The zero-order chi connectivity index (χ0) is 38.2. The number of imide groups is 1. The Morgan fingerprint density at radius 3 is 1.75 bits per heavy atom. The van der Waals surface area contributed by atoms with Crippen molar-refractivity contribution in [1.29, 1.82) is 0 Å². The quantitative estimate of drug-likeness (QED) is 0.0715. The van der Waals surface area contributed by atoms with Crippen LogP contribution in [0.4, 0.5) is 11.4 Å². The third-order valence-corrected chi connectivity index (χ3v) is 10.0. The summed E-state index contributed by atoms with van der Waals surface area (Å²) in [6, 6.07) is 32.4. The predicted molar refractivity (Wildman–Crippen MR) is 201 cm³/mol. The van der Waals surface area contributed by atoms with Crippen LogP contribution in [0.5, 0.6) is 17.2 Å². The lowest BCUT2D eigenvalue weighted by Crippen LogP contribution is -2.32. The van der Waals surface area contributed by atoms with Crippen molar-refractivity contribution in [2.24, 2.45) is 23.7 Å². The van der Waals surface area contributed by atoms with Crippen molar-refractivity contribution < 1.29 is 43.0 Å². The lowest BCUT2D eigenvalue weighted by molar-refractivity contribution is -0.132. The number of esters is 3. The zero-order valence-electron chi connectivity index (χ0n) is 29.3. The molecule has 0 aromatic heterocycles. The first-order valence-electron chi connectivity index (χ1n) is 17.6. The van der Waals surface area contributed by atoms with Crippen LogP contribution in [0.1, 0.15) is 44.4 Å². The number of carbonyl (C=O) groups excluding carboxylic acids is 6. The minimum atomic E-state index is -0.663. The Morgan fingerprint density at radius 2 is 1.13 bits per heavy atom. The second-order valence-electron chi connectivity index (χ2n) is 13.5. The molecule has 0 radical (unpaired) electrons. The van der Waals surface area contributed by atoms with E-state index in [1.165, 1.54) is 42.2 Å². The monoisotopic (exact) mass is 732 g/mol. The number of rotatable bonds is 9. The Kier molecular flexibility index (Phi) is 9.11. The van der Waals surface area contributed by atoms with Crippen molar-refractivity contribution in [3.63, 3.8) is 0 Å². The van der Waals surface area contributed by atoms with Crippen LogP contribution in [0.15, 0.2) is 133 Å². The second kappa shape index (κ2) is 14.4. The summed E-state index contributed by atoms with van der Waals surface area (Å²) in [5.74, 6) is -2.11. The van der Waals surface area contributed by atoms with Crippen LogP contribution in [0, 0.1) is 23.7 Å². The van der Waals surface area contributed by atoms with E-state index in [9.17, 15) is 28.8 Å². The van der Waals surface area contributed by atoms with Crippen molar-refractivity contribution in [3.05, 3.63) is 150 Å². The number of nitrogens with one attached hydrogen (secondary N) is 1. The molecule has 2 aliphatic carbocycles. The first kappa shape index (κ1) is 34.9. The molecule has 1 saturated heterocycles. The number of ether oxygens (including phenoxy) is 3. The van der Waals surface area contributed by atoms with E-state index in [2.05, 4.69) is 5.32 Å². The van der Waals surface area contributed by atoms with Crippen LogP contribution in [-0.4, -0.2) is 35.6 Å². The van der Waals surface area contributed by atoms with Crippen LogP contribution in [0.2, 0.25) is 0 Å². The van der Waals surface area contributed by atoms with Crippen molar-refractivity contribution in [2.45, 2.75) is 13.3 Å². The molecular weight excluding hydrogens is 700 g/mol. The van der Waals surface area contributed by atoms with E-state index in [0.29, 0.717) is 22.9 Å². The smallest absolute Gasteiger partial charge is 0.343 e. The Balaban J connectivity index is 0.865. The number of anilines is 2. The molecule has 3 amide bonds. The first-order valence-corrected chi connectivity index (χ1v) is 17.6. The number of benzene rings is 5. The highest BCUT2D eigenvalue weighted by atomic mass is 16.5. The summed E-state index contributed by atoms with van der Waals surface area (Å²) in [5.41, 5.74) is 3.08. The number of hydrogen-bond acceptors (Lipinski definition) is 9. The molecule has 3 aliphatic rings. The van der Waals surface area contributed by atoms with Crippen molar-refractivity contribution >= 4 is 47.0 Å². The van der Waals surface area contributed by atoms with E-state index in [1.807, 2.05) is 24.3 Å². The van der Waals surface area contributed by atoms with Gasteiger partial charge in [-0.1, -0.05) is 48.6 Å². The van der Waals surface area contributed by atoms with Crippen LogP contribution in [0.3, 0.4) is 0 Å². The van der Waals surface area contributed by atoms with Gasteiger partial charge in [-0.25, -0.2) is 9.59 Å². The Bertz CT molecular complexity index is 2370. The van der Waals surface area contributed by atoms with Crippen LogP contribution >= 0.6 is 0 Å². The third kappa shape index (κ3) is 7.03. The Labute approximate surface area is 315 Å². The molecule has 1 aliphatic heterocycles. The molecule has 4 unspecified atom stereocenters. The van der Waals surface area contributed by atoms with E-state index >= 15 is 0 Å². The third-order valence-electron chi connectivity index (χ3n) is 10.0. The van der Waals surface area contributed by atoms with Crippen LogP contribution < -0.4 is 24.4 Å². The largest absolute Gasteiger partial charge is 0.427 e. The van der Waals surface area contributed by atoms with Gasteiger partial charge in [0.1, 0.15) is 17.2 Å². The van der Waals surface area contributed by atoms with Gasteiger partial charge in [-0.05, 0) is 108 Å². The summed E-state index contributed by atoms with van der Waals surface area (Å²) in [4.78, 5) is 77.9. The van der Waals surface area contributed by atoms with E-state index in [0.717, 1.165) is 17.5 Å². The van der Waals surface area contributed by atoms with Gasteiger partial charge in [0, 0.05) is 24.2 Å². The average molecular weight is 733 g/mol. The molecule has 272 valence electrons. The highest BCUT2D eigenvalue weighted by Gasteiger charge is 2.59. The predicted octanol–water partition coefficient (Wildman–Crippen LogP) is 7.28. The maximum Gasteiger partial charge on any atom is 0.343 e. The fourth-order valence-corrected chi connectivity index (χ4v) is 7.46. The van der Waals surface area contributed by atoms with Crippen molar-refractivity contribution in [1.82, 2.24) is 0 Å². The summed E-state index contributed by atoms with van der Waals surface area (Å²) in [5, 5.41) is 2.76. The van der Waals surface area contributed by atoms with E-state index in [4.69, 9.17) is 14.2 Å². The maximum atomic E-state index is 13.2. The van der Waals surface area contributed by atoms with Gasteiger partial charge in [0.25, 0.3) is 5.91 Å². The van der Waals surface area contributed by atoms with E-state index in [-0.39, 0.29) is 57.9 Å². The molecule has 5 aromatic carbocycles. The number of carbonyl (C=O) groups is 6. The highest BCUT2D eigenvalue weighted by molar-refractivity contribution is 6.23. The molecule has 0 spiro atoms. The maximum absolute atomic E-state index is 13.2. The molecule has 2 fully saturated rings. The lowest BCUT2D eigenvalue weighted by atomic mass is 9.85. The summed E-state index contributed by atoms with van der Waals surface area (Å²) in [6.07, 6.45) is 4.93. The Morgan fingerprint density at radius 1 is 0.582 bits per heavy atom. The minimum Gasteiger partial charge on any atom is -0.427 e. The van der Waals surface area contributed by atoms with Gasteiger partial charge < -0.3 is 19.5 Å². The van der Waals surface area contributed by atoms with E-state index in [1.54, 1.807) is 78.9 Å². The molecule has 55 heavy (non-hydrogen) atoms. The SMILES string of the molecule is CC(=O)Oc1ccc(-c2ccc(OC(=O)c3cccc(C(=O)Nc4cccc(OC(=O)c5ccc(N6C(=O)C7C8C=CC(C8)C7C6=O)cc5)c4)c3)cc2)cc1. The Hall–Kier alpha value is -7.14. The van der Waals surface area contributed by atoms with Crippen LogP contribution in [0.25, 0.3) is 11.1 Å². The minimum absolute atomic E-state index is 0.102. The zero-order valence-corrected chi connectivity index (χ0v) is 29.3. The average Bonchev–Trinajstić information content (AvgIpc) is 3.88. The van der Waals surface area contributed by atoms with E-state index < -0.39 is 23.8 Å². The molecule has 1 heterocycles. The first-order chi connectivity index (χ1) is 26.6. The summed E-state index contributed by atoms with van der Waals surface area (Å²) in [7, 11) is 0. The number of allylic oxidation sites excluding steroid dienone is 2. The van der Waals surface area contributed by atoms with Gasteiger partial charge in [-0.2, -0.15) is 0 Å². The summed E-state index contributed by atoms with van der Waals surface area (Å²) in [6.45, 7) is 1.33. The molecule has 1 saturated carbocycles. The van der Waals surface area contributed by atoms with Gasteiger partial charge in [0.2, 0.25) is 11.8 Å². The van der Waals surface area contributed by atoms with Crippen molar-refractivity contribution in [2.75, 3.05) is 10.2 Å². The molecule has 4 atom stereocenters. The normalized spacial score (nSPS) is 19.2. The fourth-order valence-electron chi connectivity index (χ4n) is 7.46. The molecule has 1 N–H and O–H groups in total. The number of nitrogens with zero attached hydrogens (tertiary/aromatic N) is 1. The molecular formula is C44H32N2O9. The lowest BCUT2D eigenvalue weighted by Gasteiger charge is -2.17. The summed E-state index contributed by atoms with van der Waals surface area (Å²) >= 11 is 0. The topological polar surface area (TPSA) is 145 Å². The molecule has 11 heteroatoms. The van der Waals surface area contributed by atoms with Gasteiger partial charge in [0.05, 0.1) is 28.7 Å². The fraction of sp³-hybridized carbons (Fsp3) is 0.136. The van der Waals surface area contributed by atoms with Crippen molar-refractivity contribution in [3.8, 4) is 28.4 Å². The molecule has 11 nitrogen and oxygen atoms in total. The number of fused-ring (bicyclic) bond motifs is 5. The molecule has 5 aromatic rings. The van der Waals surface area contributed by atoms with Crippen LogP contribution in [-0.2, 0) is 14.4 Å². The standard InChI is InChI=1S/C44H32N2O9/c1-25(47)53-35-18-12-26(13-19-35)27-14-20-36(21-15-27)54-44(52)32-5-2-4-31(23-32)40(48)45-33-6-3-7-37(24-33)55-43(51)28-10-16-34(17-11-28)46-41(49)38-29-8-9-30(22-29)39(38)42(46)50/h2-21,23-24,29-30,38-39H,22H2,1H3,(H,45,48). The molecule has 8 rings (SSSR count). The van der Waals surface area contributed by atoms with Gasteiger partial charge >= 0.3 is 17.9 Å². The number of hydrogen-bond donors (Lipinski definition) is 1. The summed E-state index contributed by atoms with van der Waals surface area (Å²) < 4.78 is 16.2. The van der Waals surface area contributed by atoms with Gasteiger partial charge in [-0.15, -0.1) is 0 Å². The van der Waals surface area contributed by atoms with Gasteiger partial charge in [-0.3, -0.25) is 24.1 Å². The highest BCUT2D eigenvalue weighted by Crippen LogP contribution is 2.53. The molecule has 2 bridgehead atoms.